The summed E-state index contributed by atoms with van der Waals surface area (Å²) in [4.78, 5) is 16.1. The van der Waals surface area contributed by atoms with Crippen LogP contribution < -0.4 is 5.32 Å². The van der Waals surface area contributed by atoms with E-state index in [0.29, 0.717) is 11.7 Å². The van der Waals surface area contributed by atoms with Gasteiger partial charge in [0.1, 0.15) is 0 Å². The molecule has 0 aliphatic carbocycles. The molecule has 0 aliphatic rings. The number of hydrogen-bond donors (Lipinski definition) is 1. The number of carbonyl (C=O) groups is 1. The standard InChI is InChI=1S/C19H14BrF3N2O2/c20-14-5-1-3-12(9-14)16-11-24-18(27-16)8-7-17(26)25-15-6-2-4-13(10-15)19(21,22)23/h1-6,9-11H,7-8H2,(H,25,26). The molecule has 4 nitrogen and oxygen atoms in total. The number of halogens is 4. The molecule has 2 aromatic carbocycles. The lowest BCUT2D eigenvalue weighted by atomic mass is 10.2. The Labute approximate surface area is 161 Å². The first-order valence-electron chi connectivity index (χ1n) is 7.99. The summed E-state index contributed by atoms with van der Waals surface area (Å²) in [6.45, 7) is 0. The number of aryl methyl sites for hydroxylation is 1. The second-order valence-electron chi connectivity index (χ2n) is 5.76. The Bertz CT molecular complexity index is 954. The van der Waals surface area contributed by atoms with Crippen molar-refractivity contribution in [3.63, 3.8) is 0 Å². The van der Waals surface area contributed by atoms with Crippen LogP contribution in [-0.2, 0) is 17.4 Å². The van der Waals surface area contributed by atoms with Gasteiger partial charge in [-0.2, -0.15) is 13.2 Å². The predicted molar refractivity (Wildman–Crippen MR) is 98.0 cm³/mol. The molecule has 1 amide bonds. The van der Waals surface area contributed by atoms with Crippen LogP contribution in [0.3, 0.4) is 0 Å². The van der Waals surface area contributed by atoms with Gasteiger partial charge in [-0.05, 0) is 30.3 Å². The van der Waals surface area contributed by atoms with Crippen molar-refractivity contribution in [2.45, 2.75) is 19.0 Å². The van der Waals surface area contributed by atoms with Crippen molar-refractivity contribution in [3.05, 3.63) is 70.7 Å². The largest absolute Gasteiger partial charge is 0.441 e. The Kier molecular flexibility index (Phi) is 5.65. The maximum atomic E-state index is 12.7. The van der Waals surface area contributed by atoms with Gasteiger partial charge in [-0.1, -0.05) is 34.1 Å². The van der Waals surface area contributed by atoms with E-state index >= 15 is 0 Å². The molecule has 1 N–H and O–H groups in total. The number of carbonyl (C=O) groups excluding carboxylic acids is 1. The van der Waals surface area contributed by atoms with Crippen molar-refractivity contribution >= 4 is 27.5 Å². The molecule has 27 heavy (non-hydrogen) atoms. The minimum absolute atomic E-state index is 0.0364. The van der Waals surface area contributed by atoms with Crippen molar-refractivity contribution in [2.24, 2.45) is 0 Å². The highest BCUT2D eigenvalue weighted by Gasteiger charge is 2.30. The van der Waals surface area contributed by atoms with Crippen LogP contribution >= 0.6 is 15.9 Å². The van der Waals surface area contributed by atoms with Gasteiger partial charge in [-0.15, -0.1) is 0 Å². The Morgan fingerprint density at radius 3 is 2.67 bits per heavy atom. The van der Waals surface area contributed by atoms with Gasteiger partial charge >= 0.3 is 6.18 Å². The van der Waals surface area contributed by atoms with Crippen LogP contribution in [0.25, 0.3) is 11.3 Å². The topological polar surface area (TPSA) is 55.1 Å². The van der Waals surface area contributed by atoms with Crippen molar-refractivity contribution < 1.29 is 22.4 Å². The fourth-order valence-corrected chi connectivity index (χ4v) is 2.82. The second-order valence-corrected chi connectivity index (χ2v) is 6.67. The Morgan fingerprint density at radius 1 is 1.15 bits per heavy atom. The van der Waals surface area contributed by atoms with Gasteiger partial charge in [0.25, 0.3) is 0 Å². The van der Waals surface area contributed by atoms with Gasteiger partial charge in [0, 0.05) is 28.6 Å². The number of amides is 1. The summed E-state index contributed by atoms with van der Waals surface area (Å²) in [6.07, 6.45) is -2.61. The maximum absolute atomic E-state index is 12.7. The quantitative estimate of drug-likeness (QED) is 0.556. The lowest BCUT2D eigenvalue weighted by Crippen LogP contribution is -2.13. The van der Waals surface area contributed by atoms with Gasteiger partial charge < -0.3 is 9.73 Å². The van der Waals surface area contributed by atoms with Crippen LogP contribution in [-0.4, -0.2) is 10.9 Å². The monoisotopic (exact) mass is 438 g/mol. The third-order valence-electron chi connectivity index (χ3n) is 3.70. The molecule has 3 aromatic rings. The first-order valence-corrected chi connectivity index (χ1v) is 8.78. The number of nitrogens with zero attached hydrogens (tertiary/aromatic N) is 1. The molecule has 0 unspecified atom stereocenters. The highest BCUT2D eigenvalue weighted by atomic mass is 79.9. The van der Waals surface area contributed by atoms with Crippen LogP contribution in [0.15, 0.2) is 63.6 Å². The lowest BCUT2D eigenvalue weighted by molar-refractivity contribution is -0.137. The third-order valence-corrected chi connectivity index (χ3v) is 4.20. The molecule has 8 heteroatoms. The molecule has 0 spiro atoms. The summed E-state index contributed by atoms with van der Waals surface area (Å²) < 4.78 is 44.6. The summed E-state index contributed by atoms with van der Waals surface area (Å²) in [5.41, 5.74) is 0.125. The smallest absolute Gasteiger partial charge is 0.416 e. The van der Waals surface area contributed by atoms with Gasteiger partial charge in [-0.25, -0.2) is 4.98 Å². The maximum Gasteiger partial charge on any atom is 0.416 e. The van der Waals surface area contributed by atoms with E-state index in [1.54, 1.807) is 6.20 Å². The Morgan fingerprint density at radius 2 is 1.93 bits per heavy atom. The van der Waals surface area contributed by atoms with E-state index in [2.05, 4.69) is 26.2 Å². The average molecular weight is 439 g/mol. The Balaban J connectivity index is 1.59. The molecule has 0 bridgehead atoms. The molecule has 1 aromatic heterocycles. The van der Waals surface area contributed by atoms with Crippen molar-refractivity contribution in [1.82, 2.24) is 4.98 Å². The zero-order valence-electron chi connectivity index (χ0n) is 13.9. The molecule has 140 valence electrons. The molecular formula is C19H14BrF3N2O2. The zero-order chi connectivity index (χ0) is 19.4. The fourth-order valence-electron chi connectivity index (χ4n) is 2.42. The van der Waals surface area contributed by atoms with Crippen LogP contribution in [0, 0.1) is 0 Å². The Hall–Kier alpha value is -2.61. The van der Waals surface area contributed by atoms with E-state index < -0.39 is 17.6 Å². The minimum Gasteiger partial charge on any atom is -0.441 e. The SMILES string of the molecule is O=C(CCc1ncc(-c2cccc(Br)c2)o1)Nc1cccc(C(F)(F)F)c1. The molecule has 0 radical (unpaired) electrons. The molecule has 1 heterocycles. The van der Waals surface area contributed by atoms with Crippen LogP contribution in [0.1, 0.15) is 17.9 Å². The highest BCUT2D eigenvalue weighted by molar-refractivity contribution is 9.10. The van der Waals surface area contributed by atoms with Gasteiger partial charge in [0.05, 0.1) is 11.8 Å². The fraction of sp³-hybridized carbons (Fsp3) is 0.158. The summed E-state index contributed by atoms with van der Waals surface area (Å²) in [7, 11) is 0. The molecular weight excluding hydrogens is 425 g/mol. The van der Waals surface area contributed by atoms with Gasteiger partial charge in [0.15, 0.2) is 11.7 Å². The normalized spacial score (nSPS) is 11.4. The minimum atomic E-state index is -4.46. The summed E-state index contributed by atoms with van der Waals surface area (Å²) >= 11 is 3.38. The lowest BCUT2D eigenvalue weighted by Gasteiger charge is -2.09. The molecule has 0 saturated carbocycles. The van der Waals surface area contributed by atoms with Crippen LogP contribution in [0.5, 0.6) is 0 Å². The zero-order valence-corrected chi connectivity index (χ0v) is 15.5. The van der Waals surface area contributed by atoms with E-state index in [4.69, 9.17) is 4.42 Å². The molecule has 0 fully saturated rings. The first-order chi connectivity index (χ1) is 12.8. The number of alkyl halides is 3. The summed E-state index contributed by atoms with van der Waals surface area (Å²) in [6, 6.07) is 12.0. The number of anilines is 1. The second kappa shape index (κ2) is 7.96. The van der Waals surface area contributed by atoms with Crippen molar-refractivity contribution in [1.29, 1.82) is 0 Å². The van der Waals surface area contributed by atoms with Crippen LogP contribution in [0.2, 0.25) is 0 Å². The number of nitrogens with one attached hydrogen (secondary N) is 1. The number of hydrogen-bond acceptors (Lipinski definition) is 3. The van der Waals surface area contributed by atoms with Crippen LogP contribution in [0.4, 0.5) is 18.9 Å². The number of rotatable bonds is 5. The third kappa shape index (κ3) is 5.19. The number of oxazole rings is 1. The molecule has 0 atom stereocenters. The van der Waals surface area contributed by atoms with E-state index in [1.165, 1.54) is 12.1 Å². The van der Waals surface area contributed by atoms with Gasteiger partial charge in [-0.3, -0.25) is 4.79 Å². The predicted octanol–water partition coefficient (Wildman–Crippen LogP) is 5.69. The van der Waals surface area contributed by atoms with Gasteiger partial charge in [0.2, 0.25) is 5.91 Å². The number of benzene rings is 2. The first kappa shape index (κ1) is 19.2. The molecule has 0 saturated heterocycles. The molecule has 0 aliphatic heterocycles. The van der Waals surface area contributed by atoms with E-state index in [9.17, 15) is 18.0 Å². The average Bonchev–Trinajstić information content (AvgIpc) is 3.09. The van der Waals surface area contributed by atoms with E-state index in [-0.39, 0.29) is 18.5 Å². The van der Waals surface area contributed by atoms with Crippen molar-refractivity contribution in [2.75, 3.05) is 5.32 Å². The summed E-state index contributed by atoms with van der Waals surface area (Å²) in [5.74, 6) is 0.533. The van der Waals surface area contributed by atoms with Crippen molar-refractivity contribution in [3.8, 4) is 11.3 Å². The van der Waals surface area contributed by atoms with E-state index in [0.717, 1.165) is 22.2 Å². The summed E-state index contributed by atoms with van der Waals surface area (Å²) in [5, 5.41) is 2.46. The molecule has 3 rings (SSSR count). The van der Waals surface area contributed by atoms with E-state index in [1.807, 2.05) is 24.3 Å². The number of aromatic nitrogens is 1. The highest BCUT2D eigenvalue weighted by Crippen LogP contribution is 2.30.